The van der Waals surface area contributed by atoms with Crippen LogP contribution in [0.15, 0.2) is 4.99 Å². The van der Waals surface area contributed by atoms with Gasteiger partial charge in [0.25, 0.3) is 0 Å². The molecule has 1 atom stereocenters. The number of halogens is 3. The first-order valence-corrected chi connectivity index (χ1v) is 7.33. The van der Waals surface area contributed by atoms with Gasteiger partial charge >= 0.3 is 12.3 Å². The van der Waals surface area contributed by atoms with E-state index in [9.17, 15) is 22.8 Å². The summed E-state index contributed by atoms with van der Waals surface area (Å²) in [6.07, 6.45) is -4.77. The van der Waals surface area contributed by atoms with Crippen molar-refractivity contribution in [3.05, 3.63) is 0 Å². The van der Waals surface area contributed by atoms with Crippen LogP contribution in [-0.2, 0) is 9.53 Å². The number of likely N-dealkylation sites (tertiary alicyclic amines) is 1. The van der Waals surface area contributed by atoms with Crippen LogP contribution in [0.25, 0.3) is 0 Å². The van der Waals surface area contributed by atoms with E-state index in [4.69, 9.17) is 0 Å². The molecule has 0 spiro atoms. The highest BCUT2D eigenvalue weighted by Gasteiger charge is 2.38. The van der Waals surface area contributed by atoms with Gasteiger partial charge in [-0.2, -0.15) is 13.2 Å². The van der Waals surface area contributed by atoms with Crippen LogP contribution in [0, 0.1) is 0 Å². The molecule has 10 heteroatoms. The summed E-state index contributed by atoms with van der Waals surface area (Å²) >= 11 is 1.39. The Labute approximate surface area is 123 Å². The summed E-state index contributed by atoms with van der Waals surface area (Å²) in [6.45, 7) is -0.837. The van der Waals surface area contributed by atoms with Gasteiger partial charge in [-0.1, -0.05) is 11.8 Å². The largest absolute Gasteiger partial charge is 0.440 e. The molecule has 1 N–H and O–H groups in total. The van der Waals surface area contributed by atoms with E-state index in [1.807, 2.05) is 0 Å². The Morgan fingerprint density at radius 2 is 2.24 bits per heavy atom. The number of alkyl halides is 3. The first-order chi connectivity index (χ1) is 9.87. The zero-order chi connectivity index (χ0) is 15.5. The Morgan fingerprint density at radius 1 is 1.48 bits per heavy atom. The first-order valence-electron chi connectivity index (χ1n) is 6.35. The Morgan fingerprint density at radius 3 is 2.86 bits per heavy atom. The Hall–Kier alpha value is -1.45. The fourth-order valence-electron chi connectivity index (χ4n) is 2.08. The zero-order valence-electron chi connectivity index (χ0n) is 11.0. The molecule has 0 aromatic carbocycles. The van der Waals surface area contributed by atoms with Gasteiger partial charge in [-0.3, -0.25) is 14.7 Å². The van der Waals surface area contributed by atoms with Gasteiger partial charge in [0.15, 0.2) is 11.8 Å². The molecule has 118 valence electrons. The van der Waals surface area contributed by atoms with Gasteiger partial charge in [0.05, 0.1) is 6.54 Å². The van der Waals surface area contributed by atoms with Gasteiger partial charge in [-0.15, -0.1) is 0 Å². The fraction of sp³-hybridized carbons (Fsp3) is 0.727. The fourth-order valence-corrected chi connectivity index (χ4v) is 2.82. The number of amidine groups is 1. The number of hydrogen-bond donors (Lipinski definition) is 1. The number of carbonyl (C=O) groups is 2. The lowest BCUT2D eigenvalue weighted by atomic mass is 10.2. The SMILES string of the molecule is O=C(NC1=NCCS1)C1CCCN1C(=O)OCC(F)(F)F. The second-order valence-electron chi connectivity index (χ2n) is 4.55. The van der Waals surface area contributed by atoms with Crippen molar-refractivity contribution in [1.29, 1.82) is 0 Å². The minimum Gasteiger partial charge on any atom is -0.440 e. The van der Waals surface area contributed by atoms with Gasteiger partial charge in [0.2, 0.25) is 5.91 Å². The monoisotopic (exact) mass is 325 g/mol. The lowest BCUT2D eigenvalue weighted by Crippen LogP contribution is -2.47. The molecular weight excluding hydrogens is 311 g/mol. The number of amides is 2. The van der Waals surface area contributed by atoms with Crippen LogP contribution in [0.3, 0.4) is 0 Å². The molecule has 2 aliphatic rings. The molecule has 0 bridgehead atoms. The molecule has 0 aromatic heterocycles. The zero-order valence-corrected chi connectivity index (χ0v) is 11.8. The first kappa shape index (κ1) is 15.9. The topological polar surface area (TPSA) is 71.0 Å². The number of carbonyl (C=O) groups excluding carboxylic acids is 2. The van der Waals surface area contributed by atoms with E-state index in [-0.39, 0.29) is 6.54 Å². The summed E-state index contributed by atoms with van der Waals surface area (Å²) in [5, 5.41) is 3.06. The van der Waals surface area contributed by atoms with Crippen molar-refractivity contribution in [1.82, 2.24) is 10.2 Å². The number of nitrogens with zero attached hydrogens (tertiary/aromatic N) is 2. The highest BCUT2D eigenvalue weighted by molar-refractivity contribution is 8.14. The number of aliphatic imine (C=N–C) groups is 1. The smallest absolute Gasteiger partial charge is 0.422 e. The minimum absolute atomic E-state index is 0.203. The highest BCUT2D eigenvalue weighted by Crippen LogP contribution is 2.21. The number of nitrogens with one attached hydrogen (secondary N) is 1. The Bertz CT molecular complexity index is 456. The Balaban J connectivity index is 1.89. The third-order valence-electron chi connectivity index (χ3n) is 2.96. The van der Waals surface area contributed by atoms with Crippen LogP contribution >= 0.6 is 11.8 Å². The van der Waals surface area contributed by atoms with Gasteiger partial charge < -0.3 is 10.1 Å². The quantitative estimate of drug-likeness (QED) is 0.832. The maximum atomic E-state index is 12.0. The molecule has 2 heterocycles. The van der Waals surface area contributed by atoms with Crippen LogP contribution in [0.2, 0.25) is 0 Å². The van der Waals surface area contributed by atoms with Crippen molar-refractivity contribution in [2.24, 2.45) is 4.99 Å². The molecule has 6 nitrogen and oxygen atoms in total. The van der Waals surface area contributed by atoms with Crippen molar-refractivity contribution in [2.75, 3.05) is 25.4 Å². The van der Waals surface area contributed by atoms with Crippen molar-refractivity contribution in [3.63, 3.8) is 0 Å². The molecular formula is C11H14F3N3O3S. The molecule has 0 saturated carbocycles. The van der Waals surface area contributed by atoms with Gasteiger partial charge in [-0.25, -0.2) is 4.79 Å². The van der Waals surface area contributed by atoms with Gasteiger partial charge in [0.1, 0.15) is 6.04 Å². The van der Waals surface area contributed by atoms with E-state index in [2.05, 4.69) is 15.0 Å². The summed E-state index contributed by atoms with van der Waals surface area (Å²) in [5.74, 6) is 0.335. The molecule has 2 rings (SSSR count). The van der Waals surface area contributed by atoms with Crippen molar-refractivity contribution in [2.45, 2.75) is 25.1 Å². The van der Waals surface area contributed by atoms with Crippen LogP contribution in [0.4, 0.5) is 18.0 Å². The maximum absolute atomic E-state index is 12.0. The number of ether oxygens (including phenoxy) is 1. The number of rotatable bonds is 2. The van der Waals surface area contributed by atoms with Gasteiger partial charge in [-0.05, 0) is 12.8 Å². The minimum atomic E-state index is -4.58. The number of thioether (sulfide) groups is 1. The lowest BCUT2D eigenvalue weighted by molar-refractivity contribution is -0.162. The molecule has 1 fully saturated rings. The lowest BCUT2D eigenvalue weighted by Gasteiger charge is -2.23. The second kappa shape index (κ2) is 6.54. The molecule has 0 aromatic rings. The number of hydrogen-bond acceptors (Lipinski definition) is 5. The average molecular weight is 325 g/mol. The van der Waals surface area contributed by atoms with E-state index in [1.165, 1.54) is 11.8 Å². The van der Waals surface area contributed by atoms with E-state index >= 15 is 0 Å². The third-order valence-corrected chi connectivity index (χ3v) is 3.86. The molecule has 0 radical (unpaired) electrons. The summed E-state index contributed by atoms with van der Waals surface area (Å²) in [6, 6.07) is -0.811. The maximum Gasteiger partial charge on any atom is 0.422 e. The summed E-state index contributed by atoms with van der Waals surface area (Å²) in [7, 11) is 0. The molecule has 1 unspecified atom stereocenters. The van der Waals surface area contributed by atoms with Crippen LogP contribution in [-0.4, -0.2) is 59.7 Å². The van der Waals surface area contributed by atoms with E-state index in [1.54, 1.807) is 0 Å². The highest BCUT2D eigenvalue weighted by atomic mass is 32.2. The van der Waals surface area contributed by atoms with Crippen LogP contribution in [0.1, 0.15) is 12.8 Å². The third kappa shape index (κ3) is 4.51. The van der Waals surface area contributed by atoms with Crippen molar-refractivity contribution >= 4 is 28.9 Å². The molecule has 1 saturated heterocycles. The average Bonchev–Trinajstić information content (AvgIpc) is 3.05. The molecule has 21 heavy (non-hydrogen) atoms. The second-order valence-corrected chi connectivity index (χ2v) is 5.63. The summed E-state index contributed by atoms with van der Waals surface area (Å²) in [5.41, 5.74) is 0. The summed E-state index contributed by atoms with van der Waals surface area (Å²) in [4.78, 5) is 28.8. The predicted molar refractivity (Wildman–Crippen MR) is 70.0 cm³/mol. The Kier molecular flexibility index (Phi) is 4.96. The molecule has 0 aliphatic carbocycles. The van der Waals surface area contributed by atoms with E-state index in [0.717, 1.165) is 10.7 Å². The van der Waals surface area contributed by atoms with E-state index < -0.39 is 30.8 Å². The predicted octanol–water partition coefficient (Wildman–Crippen LogP) is 1.37. The normalized spacial score (nSPS) is 22.1. The van der Waals surface area contributed by atoms with Gasteiger partial charge in [0, 0.05) is 12.3 Å². The van der Waals surface area contributed by atoms with Crippen LogP contribution < -0.4 is 5.32 Å². The summed E-state index contributed by atoms with van der Waals surface area (Å²) < 4.78 is 40.3. The van der Waals surface area contributed by atoms with Crippen molar-refractivity contribution in [3.8, 4) is 0 Å². The van der Waals surface area contributed by atoms with E-state index in [0.29, 0.717) is 24.6 Å². The molecule has 2 aliphatic heterocycles. The molecule has 2 amide bonds. The van der Waals surface area contributed by atoms with Crippen LogP contribution in [0.5, 0.6) is 0 Å². The standard InChI is InChI=1S/C11H14F3N3O3S/c12-11(13,14)6-20-10(19)17-4-1-2-7(17)8(18)16-9-15-3-5-21-9/h7H,1-6H2,(H,15,16,18). The van der Waals surface area contributed by atoms with Crippen molar-refractivity contribution < 1.29 is 27.5 Å².